The summed E-state index contributed by atoms with van der Waals surface area (Å²) in [4.78, 5) is 22.1. The van der Waals surface area contributed by atoms with Crippen molar-refractivity contribution in [2.45, 2.75) is 13.5 Å². The summed E-state index contributed by atoms with van der Waals surface area (Å²) in [5.74, 6) is -0.410. The molecule has 7 nitrogen and oxygen atoms in total. The van der Waals surface area contributed by atoms with Crippen molar-refractivity contribution in [1.82, 2.24) is 4.57 Å². The number of aryl methyl sites for hydroxylation is 1. The number of hydrogen-bond donors (Lipinski definition) is 1. The fraction of sp³-hybridized carbons (Fsp3) is 0.188. The third-order valence-electron chi connectivity index (χ3n) is 3.89. The van der Waals surface area contributed by atoms with Gasteiger partial charge in [0, 0.05) is 30.9 Å². The zero-order valence-corrected chi connectivity index (χ0v) is 12.7. The molecule has 0 atom stereocenters. The van der Waals surface area contributed by atoms with E-state index in [1.165, 1.54) is 10.6 Å². The van der Waals surface area contributed by atoms with E-state index in [2.05, 4.69) is 5.32 Å². The van der Waals surface area contributed by atoms with Gasteiger partial charge in [-0.15, -0.1) is 0 Å². The summed E-state index contributed by atoms with van der Waals surface area (Å²) < 4.78 is 6.51. The van der Waals surface area contributed by atoms with Crippen LogP contribution in [-0.4, -0.2) is 9.49 Å². The number of nitro groups is 1. The maximum atomic E-state index is 11.5. The van der Waals surface area contributed by atoms with Crippen LogP contribution in [0.3, 0.4) is 0 Å². The highest BCUT2D eigenvalue weighted by molar-refractivity contribution is 5.77. The van der Waals surface area contributed by atoms with E-state index in [0.717, 1.165) is 11.3 Å². The fourth-order valence-corrected chi connectivity index (χ4v) is 2.49. The molecular weight excluding hydrogens is 298 g/mol. The first kappa shape index (κ1) is 14.8. The van der Waals surface area contributed by atoms with E-state index >= 15 is 0 Å². The highest BCUT2D eigenvalue weighted by Gasteiger charge is 2.13. The van der Waals surface area contributed by atoms with E-state index in [-0.39, 0.29) is 10.6 Å². The second kappa shape index (κ2) is 5.60. The predicted octanol–water partition coefficient (Wildman–Crippen LogP) is 2.96. The molecule has 3 rings (SSSR count). The number of benzene rings is 2. The molecule has 7 heteroatoms. The molecule has 2 aromatic carbocycles. The molecule has 3 aromatic rings. The Bertz CT molecular complexity index is 956. The summed E-state index contributed by atoms with van der Waals surface area (Å²) in [6.07, 6.45) is 0. The van der Waals surface area contributed by atoms with Crippen molar-refractivity contribution in [2.75, 3.05) is 5.32 Å². The quantitative estimate of drug-likeness (QED) is 0.590. The number of oxazole rings is 1. The molecule has 0 fully saturated rings. The van der Waals surface area contributed by atoms with Gasteiger partial charge in [0.1, 0.15) is 0 Å². The Morgan fingerprint density at radius 2 is 2.09 bits per heavy atom. The molecule has 0 unspecified atom stereocenters. The molecule has 23 heavy (non-hydrogen) atoms. The van der Waals surface area contributed by atoms with Gasteiger partial charge >= 0.3 is 5.76 Å². The molecule has 0 saturated heterocycles. The van der Waals surface area contributed by atoms with Crippen LogP contribution in [0.25, 0.3) is 11.1 Å². The first-order valence-electron chi connectivity index (χ1n) is 7.03. The van der Waals surface area contributed by atoms with Crippen LogP contribution >= 0.6 is 0 Å². The van der Waals surface area contributed by atoms with Crippen LogP contribution in [0.1, 0.15) is 11.1 Å². The number of anilines is 1. The molecule has 0 amide bonds. The number of nitrogens with zero attached hydrogens (tertiary/aromatic N) is 2. The minimum absolute atomic E-state index is 0.108. The molecule has 0 bridgehead atoms. The van der Waals surface area contributed by atoms with E-state index in [1.807, 2.05) is 12.1 Å². The average Bonchev–Trinajstić information content (AvgIpc) is 2.81. The lowest BCUT2D eigenvalue weighted by Gasteiger charge is -2.09. The van der Waals surface area contributed by atoms with E-state index < -0.39 is 5.76 Å². The van der Waals surface area contributed by atoms with E-state index in [0.29, 0.717) is 23.2 Å². The van der Waals surface area contributed by atoms with Crippen LogP contribution in [-0.2, 0) is 13.6 Å². The second-order valence-corrected chi connectivity index (χ2v) is 5.28. The van der Waals surface area contributed by atoms with Crippen LogP contribution in [0.5, 0.6) is 0 Å². The first-order chi connectivity index (χ1) is 11.0. The number of hydrogen-bond acceptors (Lipinski definition) is 5. The van der Waals surface area contributed by atoms with Crippen molar-refractivity contribution in [3.63, 3.8) is 0 Å². The fourth-order valence-electron chi connectivity index (χ4n) is 2.49. The highest BCUT2D eigenvalue weighted by Crippen LogP contribution is 2.23. The van der Waals surface area contributed by atoms with Crippen LogP contribution in [0.2, 0.25) is 0 Å². The number of aromatic nitrogens is 1. The Morgan fingerprint density at radius 1 is 1.30 bits per heavy atom. The largest absolute Gasteiger partial charge is 0.419 e. The van der Waals surface area contributed by atoms with Crippen LogP contribution in [0, 0.1) is 17.0 Å². The van der Waals surface area contributed by atoms with Crippen LogP contribution in [0.4, 0.5) is 11.4 Å². The van der Waals surface area contributed by atoms with Crippen molar-refractivity contribution >= 4 is 22.5 Å². The van der Waals surface area contributed by atoms with Gasteiger partial charge in [0.05, 0.1) is 10.4 Å². The Morgan fingerprint density at radius 3 is 2.83 bits per heavy atom. The molecule has 0 aliphatic carbocycles. The smallest absolute Gasteiger partial charge is 0.408 e. The topological polar surface area (TPSA) is 90.3 Å². The van der Waals surface area contributed by atoms with Gasteiger partial charge < -0.3 is 9.73 Å². The van der Waals surface area contributed by atoms with E-state index in [9.17, 15) is 14.9 Å². The summed E-state index contributed by atoms with van der Waals surface area (Å²) >= 11 is 0. The van der Waals surface area contributed by atoms with Gasteiger partial charge in [-0.2, -0.15) is 0 Å². The molecule has 0 spiro atoms. The van der Waals surface area contributed by atoms with Gasteiger partial charge in [-0.3, -0.25) is 14.7 Å². The molecule has 1 heterocycles. The van der Waals surface area contributed by atoms with Crippen LogP contribution < -0.4 is 11.1 Å². The maximum absolute atomic E-state index is 11.5. The van der Waals surface area contributed by atoms with Crippen molar-refractivity contribution in [1.29, 1.82) is 0 Å². The third-order valence-corrected chi connectivity index (χ3v) is 3.89. The number of nitro benzene ring substituents is 1. The van der Waals surface area contributed by atoms with Crippen molar-refractivity contribution in [3.8, 4) is 0 Å². The van der Waals surface area contributed by atoms with Crippen LogP contribution in [0.15, 0.2) is 45.6 Å². The SMILES string of the molecule is Cc1c(CNc2ccc3oc(=O)n(C)c3c2)cccc1[N+](=O)[O-]. The van der Waals surface area contributed by atoms with Gasteiger partial charge in [-0.25, -0.2) is 4.79 Å². The number of rotatable bonds is 4. The molecule has 0 aliphatic rings. The van der Waals surface area contributed by atoms with Gasteiger partial charge in [-0.1, -0.05) is 12.1 Å². The summed E-state index contributed by atoms with van der Waals surface area (Å²) in [7, 11) is 1.64. The first-order valence-corrected chi connectivity index (χ1v) is 7.03. The standard InChI is InChI=1S/C16H15N3O4/c1-10-11(4-3-5-13(10)19(21)22)9-17-12-6-7-15-14(8-12)18(2)16(20)23-15/h3-8,17H,9H2,1-2H3. The Kier molecular flexibility index (Phi) is 3.61. The zero-order chi connectivity index (χ0) is 16.6. The predicted molar refractivity (Wildman–Crippen MR) is 86.6 cm³/mol. The highest BCUT2D eigenvalue weighted by atomic mass is 16.6. The minimum Gasteiger partial charge on any atom is -0.408 e. The number of nitrogens with one attached hydrogen (secondary N) is 1. The van der Waals surface area contributed by atoms with Gasteiger partial charge in [0.25, 0.3) is 5.69 Å². The van der Waals surface area contributed by atoms with E-state index in [4.69, 9.17) is 4.42 Å². The Labute approximate surface area is 131 Å². The summed E-state index contributed by atoms with van der Waals surface area (Å²) in [6, 6.07) is 10.4. The van der Waals surface area contributed by atoms with Gasteiger partial charge in [0.2, 0.25) is 0 Å². The van der Waals surface area contributed by atoms with Crippen molar-refractivity contribution < 1.29 is 9.34 Å². The number of fused-ring (bicyclic) bond motifs is 1. The normalized spacial score (nSPS) is 10.9. The molecule has 0 radical (unpaired) electrons. The lowest BCUT2D eigenvalue weighted by molar-refractivity contribution is -0.385. The second-order valence-electron chi connectivity index (χ2n) is 5.28. The van der Waals surface area contributed by atoms with Crippen molar-refractivity contribution in [2.24, 2.45) is 7.05 Å². The Balaban J connectivity index is 1.86. The third kappa shape index (κ3) is 2.68. The lowest BCUT2D eigenvalue weighted by Crippen LogP contribution is -2.08. The average molecular weight is 313 g/mol. The molecule has 0 saturated carbocycles. The summed E-state index contributed by atoms with van der Waals surface area (Å²) in [5, 5.41) is 14.2. The van der Waals surface area contributed by atoms with Gasteiger partial charge in [0.15, 0.2) is 5.58 Å². The zero-order valence-electron chi connectivity index (χ0n) is 12.7. The van der Waals surface area contributed by atoms with E-state index in [1.54, 1.807) is 32.2 Å². The van der Waals surface area contributed by atoms with Crippen molar-refractivity contribution in [3.05, 3.63) is 68.2 Å². The molecular formula is C16H15N3O4. The monoisotopic (exact) mass is 313 g/mol. The molecule has 118 valence electrons. The molecule has 1 N–H and O–H groups in total. The maximum Gasteiger partial charge on any atom is 0.419 e. The summed E-state index contributed by atoms with van der Waals surface area (Å²) in [5.41, 5.74) is 3.62. The molecule has 0 aliphatic heterocycles. The molecule has 1 aromatic heterocycles. The van der Waals surface area contributed by atoms with Gasteiger partial charge in [-0.05, 0) is 30.7 Å². The minimum atomic E-state index is -0.410. The Hall–Kier alpha value is -3.09. The summed E-state index contributed by atoms with van der Waals surface area (Å²) in [6.45, 7) is 2.18. The lowest BCUT2D eigenvalue weighted by atomic mass is 10.1.